The van der Waals surface area contributed by atoms with Gasteiger partial charge in [-0.1, -0.05) is 188 Å². The van der Waals surface area contributed by atoms with E-state index in [1.165, 1.54) is 27.5 Å². The molecular formula is C60H40N2O. The molecule has 0 bridgehead atoms. The van der Waals surface area contributed by atoms with Crippen molar-refractivity contribution in [3.05, 3.63) is 243 Å². The van der Waals surface area contributed by atoms with E-state index in [2.05, 4.69) is 246 Å². The lowest BCUT2D eigenvalue weighted by atomic mass is 9.92. The lowest BCUT2D eigenvalue weighted by Crippen LogP contribution is -2.12. The highest BCUT2D eigenvalue weighted by molar-refractivity contribution is 6.18. The number of nitrogens with zero attached hydrogens (tertiary/aromatic N) is 2. The van der Waals surface area contributed by atoms with Gasteiger partial charge in [-0.05, 0) is 88.0 Å². The van der Waals surface area contributed by atoms with Gasteiger partial charge in [-0.2, -0.15) is 0 Å². The van der Waals surface area contributed by atoms with Crippen molar-refractivity contribution < 1.29 is 4.42 Å². The summed E-state index contributed by atoms with van der Waals surface area (Å²) in [5.74, 6) is 0. The van der Waals surface area contributed by atoms with Gasteiger partial charge in [-0.3, -0.25) is 0 Å². The largest absolute Gasteiger partial charge is 0.455 e. The van der Waals surface area contributed by atoms with Crippen LogP contribution in [0.2, 0.25) is 0 Å². The van der Waals surface area contributed by atoms with Crippen LogP contribution >= 0.6 is 0 Å². The van der Waals surface area contributed by atoms with Gasteiger partial charge in [0.1, 0.15) is 11.2 Å². The first-order valence-corrected chi connectivity index (χ1v) is 21.5. The quantitative estimate of drug-likeness (QED) is 0.153. The highest BCUT2D eigenvalue weighted by Crippen LogP contribution is 2.49. The molecule has 3 heteroatoms. The van der Waals surface area contributed by atoms with Crippen LogP contribution in [0.3, 0.4) is 0 Å². The number of para-hydroxylation sites is 5. The van der Waals surface area contributed by atoms with Crippen molar-refractivity contribution >= 4 is 60.8 Å². The third-order valence-corrected chi connectivity index (χ3v) is 12.4. The normalized spacial score (nSPS) is 11.5. The maximum atomic E-state index is 6.72. The number of furan rings is 1. The summed E-state index contributed by atoms with van der Waals surface area (Å²) < 4.78 is 9.11. The molecule has 2 aromatic heterocycles. The molecule has 0 saturated heterocycles. The van der Waals surface area contributed by atoms with Crippen LogP contribution < -0.4 is 4.90 Å². The molecule has 12 rings (SSSR count). The van der Waals surface area contributed by atoms with Gasteiger partial charge in [0.2, 0.25) is 0 Å². The fourth-order valence-electron chi connectivity index (χ4n) is 9.56. The summed E-state index contributed by atoms with van der Waals surface area (Å²) in [5.41, 5.74) is 17.5. The van der Waals surface area contributed by atoms with Crippen LogP contribution in [0.25, 0.3) is 93.9 Å². The highest BCUT2D eigenvalue weighted by atomic mass is 16.3. The van der Waals surface area contributed by atoms with Gasteiger partial charge in [-0.15, -0.1) is 0 Å². The molecular weight excluding hydrogens is 765 g/mol. The first kappa shape index (κ1) is 36.5. The monoisotopic (exact) mass is 804 g/mol. The number of anilines is 3. The number of aromatic nitrogens is 1. The second-order valence-electron chi connectivity index (χ2n) is 16.0. The Bertz CT molecular complexity index is 3600. The molecule has 0 atom stereocenters. The Labute approximate surface area is 366 Å². The maximum Gasteiger partial charge on any atom is 0.143 e. The minimum Gasteiger partial charge on any atom is -0.455 e. The van der Waals surface area contributed by atoms with Gasteiger partial charge in [-0.25, -0.2) is 0 Å². The summed E-state index contributed by atoms with van der Waals surface area (Å²) in [7, 11) is 0. The lowest BCUT2D eigenvalue weighted by molar-refractivity contribution is 0.670. The molecule has 63 heavy (non-hydrogen) atoms. The zero-order valence-corrected chi connectivity index (χ0v) is 34.4. The van der Waals surface area contributed by atoms with E-state index in [4.69, 9.17) is 4.42 Å². The zero-order chi connectivity index (χ0) is 41.7. The van der Waals surface area contributed by atoms with E-state index in [0.717, 1.165) is 83.5 Å². The molecule has 0 radical (unpaired) electrons. The Hall–Kier alpha value is -8.40. The van der Waals surface area contributed by atoms with Gasteiger partial charge in [0.15, 0.2) is 0 Å². The lowest BCUT2D eigenvalue weighted by Gasteiger charge is -2.29. The van der Waals surface area contributed by atoms with Gasteiger partial charge in [0, 0.05) is 44.0 Å². The van der Waals surface area contributed by atoms with E-state index in [1.54, 1.807) is 0 Å². The Morgan fingerprint density at radius 1 is 0.333 bits per heavy atom. The first-order valence-electron chi connectivity index (χ1n) is 21.5. The van der Waals surface area contributed by atoms with Crippen LogP contribution in [-0.2, 0) is 0 Å². The minimum absolute atomic E-state index is 0.879. The molecule has 0 aliphatic heterocycles. The molecule has 296 valence electrons. The van der Waals surface area contributed by atoms with Gasteiger partial charge >= 0.3 is 0 Å². The van der Waals surface area contributed by atoms with Crippen LogP contribution in [0.1, 0.15) is 0 Å². The third-order valence-electron chi connectivity index (χ3n) is 12.4. The van der Waals surface area contributed by atoms with Crippen molar-refractivity contribution in [1.82, 2.24) is 4.57 Å². The van der Waals surface area contributed by atoms with E-state index >= 15 is 0 Å². The summed E-state index contributed by atoms with van der Waals surface area (Å²) in [6.07, 6.45) is 0. The van der Waals surface area contributed by atoms with Crippen LogP contribution in [0.5, 0.6) is 0 Å². The number of rotatable bonds is 8. The minimum atomic E-state index is 0.879. The summed E-state index contributed by atoms with van der Waals surface area (Å²) in [5, 5.41) is 4.58. The van der Waals surface area contributed by atoms with Crippen LogP contribution in [0, 0.1) is 0 Å². The Balaban J connectivity index is 1.13. The number of hydrogen-bond donors (Lipinski definition) is 0. The van der Waals surface area contributed by atoms with E-state index in [9.17, 15) is 0 Å². The molecule has 0 fully saturated rings. The number of benzene rings is 10. The molecule has 0 aliphatic carbocycles. The van der Waals surface area contributed by atoms with Crippen molar-refractivity contribution in [2.24, 2.45) is 0 Å². The predicted molar refractivity (Wildman–Crippen MR) is 264 cm³/mol. The second kappa shape index (κ2) is 15.3. The fraction of sp³-hybridized carbons (Fsp3) is 0. The van der Waals surface area contributed by atoms with Gasteiger partial charge in [0.05, 0.1) is 22.4 Å². The van der Waals surface area contributed by atoms with Crippen LogP contribution in [0.4, 0.5) is 17.1 Å². The summed E-state index contributed by atoms with van der Waals surface area (Å²) in [6.45, 7) is 0. The van der Waals surface area contributed by atoms with Crippen LogP contribution in [0.15, 0.2) is 247 Å². The smallest absolute Gasteiger partial charge is 0.143 e. The molecule has 0 amide bonds. The molecule has 0 N–H and O–H groups in total. The topological polar surface area (TPSA) is 21.3 Å². The molecule has 3 nitrogen and oxygen atoms in total. The van der Waals surface area contributed by atoms with Crippen molar-refractivity contribution in [2.75, 3.05) is 4.90 Å². The van der Waals surface area contributed by atoms with E-state index in [0.29, 0.717) is 0 Å². The summed E-state index contributed by atoms with van der Waals surface area (Å²) in [6, 6.07) is 87.1. The first-order chi connectivity index (χ1) is 31.3. The van der Waals surface area contributed by atoms with Crippen molar-refractivity contribution in [2.45, 2.75) is 0 Å². The molecule has 0 aliphatic rings. The Morgan fingerprint density at radius 2 is 0.889 bits per heavy atom. The molecule has 0 saturated carbocycles. The molecule has 2 heterocycles. The van der Waals surface area contributed by atoms with Crippen molar-refractivity contribution in [1.29, 1.82) is 0 Å². The SMILES string of the molecule is c1ccc(-c2ccc(-c3ccc(N(c4ccccc4-c4cccc5c4oc4ccccc45)c4cccc5c4c4ccccc4n5-c4ccccc4)cc3-c3ccccc3)cc2)cc1. The standard InChI is InChI=1S/C60H40N2O/c1-4-18-41(19-5-1)42-34-36-44(37-35-42)47-39-38-46(40-53(47)43-20-6-2-7-21-43)62(54-29-13-10-24-48(54)50-27-16-28-51-49-25-12-15-33-58(49)63-60(50)51)57-32-17-31-56-59(57)52-26-11-14-30-55(52)61(56)45-22-8-3-9-23-45/h1-40H. The maximum absolute atomic E-state index is 6.72. The molecule has 0 spiro atoms. The average Bonchev–Trinajstić information content (AvgIpc) is 3.92. The van der Waals surface area contributed by atoms with Crippen LogP contribution in [-0.4, -0.2) is 4.57 Å². The molecule has 12 aromatic rings. The molecule has 0 unspecified atom stereocenters. The second-order valence-corrected chi connectivity index (χ2v) is 16.0. The average molecular weight is 805 g/mol. The number of hydrogen-bond acceptors (Lipinski definition) is 2. The highest BCUT2D eigenvalue weighted by Gasteiger charge is 2.25. The van der Waals surface area contributed by atoms with E-state index in [1.807, 2.05) is 6.07 Å². The van der Waals surface area contributed by atoms with Gasteiger partial charge in [0.25, 0.3) is 0 Å². The third kappa shape index (κ3) is 6.21. The van der Waals surface area contributed by atoms with Crippen molar-refractivity contribution in [3.63, 3.8) is 0 Å². The van der Waals surface area contributed by atoms with Crippen molar-refractivity contribution in [3.8, 4) is 50.2 Å². The summed E-state index contributed by atoms with van der Waals surface area (Å²) in [4.78, 5) is 2.47. The van der Waals surface area contributed by atoms with E-state index < -0.39 is 0 Å². The Morgan fingerprint density at radius 3 is 1.70 bits per heavy atom. The Kier molecular flexibility index (Phi) is 8.83. The zero-order valence-electron chi connectivity index (χ0n) is 34.4. The predicted octanol–water partition coefficient (Wildman–Crippen LogP) is 16.8. The molecule has 10 aromatic carbocycles. The van der Waals surface area contributed by atoms with Gasteiger partial charge < -0.3 is 13.9 Å². The summed E-state index contributed by atoms with van der Waals surface area (Å²) >= 11 is 0. The van der Waals surface area contributed by atoms with E-state index in [-0.39, 0.29) is 0 Å². The fourth-order valence-corrected chi connectivity index (χ4v) is 9.56. The number of fused-ring (bicyclic) bond motifs is 6.